The van der Waals surface area contributed by atoms with E-state index in [1.165, 1.54) is 29.0 Å². The maximum absolute atomic E-state index is 13.3. The van der Waals surface area contributed by atoms with Crippen molar-refractivity contribution in [1.82, 2.24) is 0 Å². The molecule has 4 rings (SSSR count). The highest BCUT2D eigenvalue weighted by atomic mass is 35.5. The van der Waals surface area contributed by atoms with Crippen molar-refractivity contribution in [3.8, 4) is 0 Å². The van der Waals surface area contributed by atoms with Gasteiger partial charge < -0.3 is 4.90 Å². The van der Waals surface area contributed by atoms with Crippen LogP contribution < -0.4 is 4.90 Å². The summed E-state index contributed by atoms with van der Waals surface area (Å²) in [5.41, 5.74) is 3.74. The number of rotatable bonds is 3. The molecule has 150 valence electrons. The average Bonchev–Trinajstić information content (AvgIpc) is 3.09. The summed E-state index contributed by atoms with van der Waals surface area (Å²) >= 11 is 7.06. The van der Waals surface area contributed by atoms with Crippen molar-refractivity contribution in [2.75, 3.05) is 11.4 Å². The van der Waals surface area contributed by atoms with Gasteiger partial charge in [0.05, 0.1) is 14.7 Å². The van der Waals surface area contributed by atoms with Crippen molar-refractivity contribution < 1.29 is 13.2 Å². The number of anilines is 1. The number of sulfone groups is 1. The van der Waals surface area contributed by atoms with Gasteiger partial charge in [0.2, 0.25) is 9.84 Å². The number of amides is 1. The van der Waals surface area contributed by atoms with E-state index < -0.39 is 9.84 Å². The predicted octanol–water partition coefficient (Wildman–Crippen LogP) is 5.44. The van der Waals surface area contributed by atoms with Gasteiger partial charge in [-0.05, 0) is 68.1 Å². The fourth-order valence-corrected chi connectivity index (χ4v) is 6.67. The van der Waals surface area contributed by atoms with Gasteiger partial charge in [-0.25, -0.2) is 8.42 Å². The Kier molecular flexibility index (Phi) is 5.27. The Balaban J connectivity index is 1.71. The first-order chi connectivity index (χ1) is 13.8. The second-order valence-corrected chi connectivity index (χ2v) is 10.4. The van der Waals surface area contributed by atoms with Crippen LogP contribution in [0.25, 0.3) is 0 Å². The monoisotopic (exact) mass is 445 g/mol. The van der Waals surface area contributed by atoms with E-state index in [4.69, 9.17) is 11.6 Å². The highest BCUT2D eigenvalue weighted by Crippen LogP contribution is 2.35. The summed E-state index contributed by atoms with van der Waals surface area (Å²) in [6.45, 7) is 4.37. The van der Waals surface area contributed by atoms with Gasteiger partial charge in [0.1, 0.15) is 0 Å². The Bertz CT molecular complexity index is 1200. The van der Waals surface area contributed by atoms with Crippen LogP contribution in [0.15, 0.2) is 57.6 Å². The van der Waals surface area contributed by atoms with E-state index in [0.29, 0.717) is 22.0 Å². The van der Waals surface area contributed by atoms with E-state index in [2.05, 4.69) is 6.07 Å². The molecule has 0 spiro atoms. The van der Waals surface area contributed by atoms with Crippen LogP contribution in [0.4, 0.5) is 5.69 Å². The average molecular weight is 446 g/mol. The van der Waals surface area contributed by atoms with E-state index in [-0.39, 0.29) is 15.7 Å². The molecule has 0 aliphatic carbocycles. The van der Waals surface area contributed by atoms with E-state index in [1.54, 1.807) is 29.3 Å². The Morgan fingerprint density at radius 2 is 1.83 bits per heavy atom. The molecule has 0 bridgehead atoms. The first-order valence-electron chi connectivity index (χ1n) is 9.29. The van der Waals surface area contributed by atoms with E-state index in [0.717, 1.165) is 24.1 Å². The molecule has 1 aromatic heterocycles. The van der Waals surface area contributed by atoms with Crippen molar-refractivity contribution >= 4 is 44.4 Å². The molecule has 2 heterocycles. The summed E-state index contributed by atoms with van der Waals surface area (Å²) in [4.78, 5) is 15.9. The van der Waals surface area contributed by atoms with Gasteiger partial charge in [0.25, 0.3) is 5.91 Å². The summed E-state index contributed by atoms with van der Waals surface area (Å²) in [5.74, 6) is -0.144. The standard InChI is InChI=1S/C22H20ClNO3S2/c1-14-5-10-19-16(12-14)4-3-11-24(19)22(25)21-15(2)20(13-28-21)29(26,27)18-8-6-17(23)7-9-18/h5-10,12-13H,3-4,11H2,1-2H3. The molecule has 4 nitrogen and oxygen atoms in total. The lowest BCUT2D eigenvalue weighted by molar-refractivity contribution is 0.0988. The molecule has 3 aromatic rings. The predicted molar refractivity (Wildman–Crippen MR) is 117 cm³/mol. The SMILES string of the molecule is Cc1ccc2c(c1)CCCN2C(=O)c1scc(S(=O)(=O)c2ccc(Cl)cc2)c1C. The van der Waals surface area contributed by atoms with E-state index >= 15 is 0 Å². The molecule has 0 atom stereocenters. The highest BCUT2D eigenvalue weighted by molar-refractivity contribution is 7.91. The van der Waals surface area contributed by atoms with Crippen molar-refractivity contribution in [1.29, 1.82) is 0 Å². The van der Waals surface area contributed by atoms with Crippen LogP contribution in [0, 0.1) is 13.8 Å². The van der Waals surface area contributed by atoms with Gasteiger partial charge in [0.15, 0.2) is 0 Å². The van der Waals surface area contributed by atoms with Crippen molar-refractivity contribution in [2.45, 2.75) is 36.5 Å². The summed E-state index contributed by atoms with van der Waals surface area (Å²) in [5, 5.41) is 2.04. The number of benzene rings is 2. The second-order valence-electron chi connectivity index (χ2n) is 7.20. The highest BCUT2D eigenvalue weighted by Gasteiger charge is 2.30. The number of carbonyl (C=O) groups excluding carboxylic acids is 1. The Labute approximate surface area is 179 Å². The third-order valence-corrected chi connectivity index (χ3v) is 8.57. The molecule has 0 saturated heterocycles. The number of thiophene rings is 1. The van der Waals surface area contributed by atoms with Crippen molar-refractivity contribution in [2.24, 2.45) is 0 Å². The molecule has 0 unspecified atom stereocenters. The van der Waals surface area contributed by atoms with Crippen molar-refractivity contribution in [3.63, 3.8) is 0 Å². The van der Waals surface area contributed by atoms with Crippen LogP contribution in [0.2, 0.25) is 5.02 Å². The van der Waals surface area contributed by atoms with Crippen LogP contribution in [0.3, 0.4) is 0 Å². The smallest absolute Gasteiger partial charge is 0.268 e. The number of hydrogen-bond acceptors (Lipinski definition) is 4. The topological polar surface area (TPSA) is 54.5 Å². The molecule has 1 amide bonds. The third kappa shape index (κ3) is 3.61. The quantitative estimate of drug-likeness (QED) is 0.539. The number of aryl methyl sites for hydroxylation is 2. The summed E-state index contributed by atoms with van der Waals surface area (Å²) in [6.07, 6.45) is 1.84. The lowest BCUT2D eigenvalue weighted by Crippen LogP contribution is -2.35. The molecule has 0 N–H and O–H groups in total. The lowest BCUT2D eigenvalue weighted by Gasteiger charge is -2.29. The normalized spacial score (nSPS) is 14.0. The summed E-state index contributed by atoms with van der Waals surface area (Å²) in [7, 11) is -3.71. The molecule has 2 aromatic carbocycles. The largest absolute Gasteiger partial charge is 0.307 e. The Morgan fingerprint density at radius 1 is 1.10 bits per heavy atom. The molecule has 0 fully saturated rings. The fourth-order valence-electron chi connectivity index (χ4n) is 3.68. The molecular weight excluding hydrogens is 426 g/mol. The zero-order valence-electron chi connectivity index (χ0n) is 16.1. The van der Waals surface area contributed by atoms with Gasteiger partial charge >= 0.3 is 0 Å². The van der Waals surface area contributed by atoms with Gasteiger partial charge in [-0.2, -0.15) is 0 Å². The van der Waals surface area contributed by atoms with Gasteiger partial charge in [-0.3, -0.25) is 4.79 Å². The first-order valence-corrected chi connectivity index (χ1v) is 12.0. The first kappa shape index (κ1) is 20.1. The number of hydrogen-bond donors (Lipinski definition) is 0. The summed E-state index contributed by atoms with van der Waals surface area (Å²) in [6, 6.07) is 12.2. The number of nitrogens with zero attached hydrogens (tertiary/aromatic N) is 1. The Morgan fingerprint density at radius 3 is 2.55 bits per heavy atom. The van der Waals surface area contributed by atoms with Crippen LogP contribution in [0.1, 0.15) is 32.8 Å². The van der Waals surface area contributed by atoms with Gasteiger partial charge in [-0.15, -0.1) is 11.3 Å². The second kappa shape index (κ2) is 7.59. The van der Waals surface area contributed by atoms with E-state index in [1.807, 2.05) is 19.1 Å². The minimum absolute atomic E-state index is 0.144. The van der Waals surface area contributed by atoms with Crippen LogP contribution >= 0.6 is 22.9 Å². The molecular formula is C22H20ClNO3S2. The van der Waals surface area contributed by atoms with Crippen molar-refractivity contribution in [3.05, 3.63) is 74.4 Å². The maximum atomic E-state index is 13.3. The molecule has 0 saturated carbocycles. The zero-order chi connectivity index (χ0) is 20.8. The van der Waals surface area contributed by atoms with Gasteiger partial charge in [-0.1, -0.05) is 29.3 Å². The third-order valence-electron chi connectivity index (χ3n) is 5.20. The maximum Gasteiger partial charge on any atom is 0.268 e. The van der Waals surface area contributed by atoms with Crippen LogP contribution in [-0.4, -0.2) is 20.9 Å². The lowest BCUT2D eigenvalue weighted by atomic mass is 9.99. The van der Waals surface area contributed by atoms with Crippen LogP contribution in [-0.2, 0) is 16.3 Å². The number of fused-ring (bicyclic) bond motifs is 1. The van der Waals surface area contributed by atoms with E-state index in [9.17, 15) is 13.2 Å². The van der Waals surface area contributed by atoms with Gasteiger partial charge in [0, 0.05) is 22.6 Å². The summed E-state index contributed by atoms with van der Waals surface area (Å²) < 4.78 is 26.1. The number of halogens is 1. The fraction of sp³-hybridized carbons (Fsp3) is 0.227. The molecule has 1 aliphatic rings. The minimum Gasteiger partial charge on any atom is -0.307 e. The number of carbonyl (C=O) groups is 1. The Hall–Kier alpha value is -2.15. The molecule has 29 heavy (non-hydrogen) atoms. The minimum atomic E-state index is -3.71. The molecule has 1 aliphatic heterocycles. The molecule has 0 radical (unpaired) electrons. The molecule has 7 heteroatoms. The zero-order valence-corrected chi connectivity index (χ0v) is 18.5. The van der Waals surface area contributed by atoms with Crippen LogP contribution in [0.5, 0.6) is 0 Å².